The third-order valence-electron chi connectivity index (χ3n) is 2.00. The monoisotopic (exact) mass is 221 g/mol. The molecule has 0 aliphatic heterocycles. The lowest BCUT2D eigenvalue weighted by Gasteiger charge is -2.05. The van der Waals surface area contributed by atoms with E-state index < -0.39 is 18.3 Å². The fourth-order valence-corrected chi connectivity index (χ4v) is 1.25. The van der Waals surface area contributed by atoms with Crippen LogP contribution in [0.4, 0.5) is 0 Å². The molecule has 1 radical (unpaired) electrons. The molecule has 1 aromatic rings. The number of aliphatic carboxylic acids is 1. The number of carbonyl (C=O) groups is 2. The van der Waals surface area contributed by atoms with E-state index in [1.54, 1.807) is 0 Å². The van der Waals surface area contributed by atoms with E-state index in [1.807, 2.05) is 24.3 Å². The lowest BCUT2D eigenvalue weighted by Crippen LogP contribution is -2.25. The summed E-state index contributed by atoms with van der Waals surface area (Å²) in [7, 11) is 0. The Balaban J connectivity index is 2.47. The van der Waals surface area contributed by atoms with E-state index >= 15 is 0 Å². The van der Waals surface area contributed by atoms with Crippen LogP contribution in [0.25, 0.3) is 0 Å². The normalized spacial score (nSPS) is 9.81. The van der Waals surface area contributed by atoms with Gasteiger partial charge in [-0.1, -0.05) is 24.3 Å². The van der Waals surface area contributed by atoms with E-state index in [9.17, 15) is 9.59 Å². The lowest BCUT2D eigenvalue weighted by atomic mass is 10.1. The van der Waals surface area contributed by atoms with Crippen LogP contribution in [-0.4, -0.2) is 17.0 Å². The first-order valence-corrected chi connectivity index (χ1v) is 4.82. The van der Waals surface area contributed by atoms with Crippen molar-refractivity contribution in [3.05, 3.63) is 35.4 Å². The second-order valence-electron chi connectivity index (χ2n) is 3.34. The summed E-state index contributed by atoms with van der Waals surface area (Å²) >= 11 is 0. The van der Waals surface area contributed by atoms with Gasteiger partial charge in [0, 0.05) is 13.1 Å². The zero-order valence-corrected chi connectivity index (χ0v) is 8.69. The van der Waals surface area contributed by atoms with E-state index in [-0.39, 0.29) is 6.54 Å². The van der Waals surface area contributed by atoms with Gasteiger partial charge in [0.15, 0.2) is 0 Å². The summed E-state index contributed by atoms with van der Waals surface area (Å²) in [6.07, 6.45) is -0.516. The second-order valence-corrected chi connectivity index (χ2v) is 3.34. The molecule has 85 valence electrons. The Kier molecular flexibility index (Phi) is 4.47. The molecule has 16 heavy (non-hydrogen) atoms. The van der Waals surface area contributed by atoms with Crippen molar-refractivity contribution < 1.29 is 14.7 Å². The van der Waals surface area contributed by atoms with Gasteiger partial charge in [-0.05, 0) is 11.1 Å². The number of rotatable bonds is 5. The van der Waals surface area contributed by atoms with E-state index in [4.69, 9.17) is 10.8 Å². The molecule has 1 rings (SSSR count). The molecule has 0 bridgehead atoms. The van der Waals surface area contributed by atoms with E-state index in [0.717, 1.165) is 11.1 Å². The summed E-state index contributed by atoms with van der Waals surface area (Å²) in [5.41, 5.74) is 8.91. The summed E-state index contributed by atoms with van der Waals surface area (Å²) in [5, 5.41) is 10.9. The van der Waals surface area contributed by atoms with E-state index in [2.05, 4.69) is 5.32 Å². The molecule has 0 atom stereocenters. The molecule has 5 heteroatoms. The second kappa shape index (κ2) is 5.87. The van der Waals surface area contributed by atoms with Gasteiger partial charge in [0.05, 0.1) is 0 Å². The van der Waals surface area contributed by atoms with Crippen molar-refractivity contribution in [3.63, 3.8) is 0 Å². The number of carboxylic acids is 1. The highest BCUT2D eigenvalue weighted by Gasteiger charge is 2.06. The number of hydrogen-bond donors (Lipinski definition) is 2. The third kappa shape index (κ3) is 4.10. The Labute approximate surface area is 93.3 Å². The molecule has 0 unspecified atom stereocenters. The predicted molar refractivity (Wildman–Crippen MR) is 57.3 cm³/mol. The van der Waals surface area contributed by atoms with Crippen molar-refractivity contribution in [2.75, 3.05) is 0 Å². The van der Waals surface area contributed by atoms with Gasteiger partial charge in [0.25, 0.3) is 0 Å². The summed E-state index contributed by atoms with van der Waals surface area (Å²) in [5.74, 6) is -1.65. The topological polar surface area (TPSA) is 90.2 Å². The van der Waals surface area contributed by atoms with Crippen LogP contribution in [0.2, 0.25) is 0 Å². The largest absolute Gasteiger partial charge is 0.481 e. The fraction of sp³-hybridized carbons (Fsp3) is 0.273. The maximum absolute atomic E-state index is 11.1. The molecule has 0 heterocycles. The summed E-state index contributed by atoms with van der Waals surface area (Å²) < 4.78 is 0. The molecule has 0 aliphatic carbocycles. The highest BCUT2D eigenvalue weighted by atomic mass is 16.4. The molecular weight excluding hydrogens is 208 g/mol. The molecular formula is C11H13N2O3. The van der Waals surface area contributed by atoms with Gasteiger partial charge >= 0.3 is 5.97 Å². The zero-order chi connectivity index (χ0) is 12.0. The molecule has 3 N–H and O–H groups in total. The van der Waals surface area contributed by atoms with Crippen LogP contribution in [0.5, 0.6) is 0 Å². The van der Waals surface area contributed by atoms with Gasteiger partial charge in [-0.15, -0.1) is 0 Å². The summed E-state index contributed by atoms with van der Waals surface area (Å²) in [6, 6.07) is 7.27. The van der Waals surface area contributed by atoms with Crippen LogP contribution in [0.15, 0.2) is 24.3 Å². The van der Waals surface area contributed by atoms with Crippen LogP contribution in [0, 0.1) is 0 Å². The van der Waals surface area contributed by atoms with Crippen molar-refractivity contribution in [1.82, 2.24) is 11.1 Å². The Morgan fingerprint density at radius 1 is 1.31 bits per heavy atom. The number of hydrogen-bond acceptors (Lipinski definition) is 2. The molecule has 1 aromatic carbocycles. The van der Waals surface area contributed by atoms with Crippen molar-refractivity contribution in [2.45, 2.75) is 19.5 Å². The predicted octanol–water partition coefficient (Wildman–Crippen LogP) is 0.560. The van der Waals surface area contributed by atoms with Crippen molar-refractivity contribution in [3.8, 4) is 0 Å². The smallest absolute Gasteiger partial charge is 0.312 e. The lowest BCUT2D eigenvalue weighted by molar-refractivity contribution is -0.140. The van der Waals surface area contributed by atoms with Gasteiger partial charge in [-0.2, -0.15) is 0 Å². The van der Waals surface area contributed by atoms with Gasteiger partial charge in [-0.3, -0.25) is 15.3 Å². The summed E-state index contributed by atoms with van der Waals surface area (Å²) in [6.45, 7) is 0.483. The standard InChI is InChI=1S/C11H13N2O3/c12-6-8-2-1-3-9(4-8)7-13-10(14)5-11(15)16/h1-4,12H,5-7H2,(H,13,14)(H,15,16). The molecule has 0 aliphatic rings. The van der Waals surface area contributed by atoms with E-state index in [0.29, 0.717) is 6.54 Å². The van der Waals surface area contributed by atoms with Crippen LogP contribution in [0.1, 0.15) is 17.5 Å². The maximum atomic E-state index is 11.1. The number of carbonyl (C=O) groups excluding carboxylic acids is 1. The zero-order valence-electron chi connectivity index (χ0n) is 8.69. The molecule has 0 spiro atoms. The van der Waals surface area contributed by atoms with Crippen molar-refractivity contribution >= 4 is 11.9 Å². The van der Waals surface area contributed by atoms with Crippen LogP contribution < -0.4 is 11.1 Å². The Hall–Kier alpha value is -1.88. The van der Waals surface area contributed by atoms with Gasteiger partial charge in [0.1, 0.15) is 6.42 Å². The van der Waals surface area contributed by atoms with E-state index in [1.165, 1.54) is 0 Å². The summed E-state index contributed by atoms with van der Waals surface area (Å²) in [4.78, 5) is 21.3. The van der Waals surface area contributed by atoms with Gasteiger partial charge < -0.3 is 10.4 Å². The molecule has 5 nitrogen and oxygen atoms in total. The first-order chi connectivity index (χ1) is 7.61. The molecule has 0 saturated heterocycles. The Morgan fingerprint density at radius 3 is 2.62 bits per heavy atom. The fourth-order valence-electron chi connectivity index (χ4n) is 1.25. The van der Waals surface area contributed by atoms with Crippen molar-refractivity contribution in [1.29, 1.82) is 0 Å². The first kappa shape index (κ1) is 12.2. The SMILES string of the molecule is [NH]Cc1cccc(CNC(=O)CC(=O)O)c1. The molecule has 0 saturated carbocycles. The number of amides is 1. The maximum Gasteiger partial charge on any atom is 0.312 e. The van der Waals surface area contributed by atoms with Crippen LogP contribution in [-0.2, 0) is 22.7 Å². The third-order valence-corrected chi connectivity index (χ3v) is 2.00. The van der Waals surface area contributed by atoms with Crippen molar-refractivity contribution in [2.24, 2.45) is 0 Å². The minimum absolute atomic E-state index is 0.191. The molecule has 0 fully saturated rings. The quantitative estimate of drug-likeness (QED) is 0.712. The van der Waals surface area contributed by atoms with Gasteiger partial charge in [-0.25, -0.2) is 0 Å². The molecule has 1 amide bonds. The minimum Gasteiger partial charge on any atom is -0.481 e. The average Bonchev–Trinajstić information content (AvgIpc) is 2.26. The molecule has 0 aromatic heterocycles. The number of nitrogens with one attached hydrogen (secondary N) is 2. The number of carboxylic acid groups (broad SMARTS) is 1. The van der Waals surface area contributed by atoms with Crippen LogP contribution >= 0.6 is 0 Å². The minimum atomic E-state index is -1.14. The highest BCUT2D eigenvalue weighted by molar-refractivity contribution is 5.93. The average molecular weight is 221 g/mol. The highest BCUT2D eigenvalue weighted by Crippen LogP contribution is 2.04. The number of benzene rings is 1. The Morgan fingerprint density at radius 2 is 2.00 bits per heavy atom. The van der Waals surface area contributed by atoms with Crippen LogP contribution in [0.3, 0.4) is 0 Å². The van der Waals surface area contributed by atoms with Gasteiger partial charge in [0.2, 0.25) is 5.91 Å². The Bertz CT molecular complexity index is 391. The first-order valence-electron chi connectivity index (χ1n) is 4.82.